The molecule has 0 bridgehead atoms. The lowest BCUT2D eigenvalue weighted by Gasteiger charge is -2.23. The van der Waals surface area contributed by atoms with Gasteiger partial charge in [-0.1, -0.05) is 24.3 Å². The van der Waals surface area contributed by atoms with Gasteiger partial charge in [0, 0.05) is 13.6 Å². The van der Waals surface area contributed by atoms with Crippen molar-refractivity contribution in [3.8, 4) is 0 Å². The minimum atomic E-state index is -1.01. The first-order chi connectivity index (χ1) is 12.5. The quantitative estimate of drug-likeness (QED) is 0.839. The molecule has 26 heavy (non-hydrogen) atoms. The Hall–Kier alpha value is -2.67. The molecule has 7 heteroatoms. The third kappa shape index (κ3) is 2.59. The summed E-state index contributed by atoms with van der Waals surface area (Å²) in [6.07, 6.45) is 1.27. The first kappa shape index (κ1) is 16.8. The number of fused-ring (bicyclic) bond motifs is 2. The summed E-state index contributed by atoms with van der Waals surface area (Å²) in [5.74, 6) is -0.590. The Morgan fingerprint density at radius 1 is 1.31 bits per heavy atom. The molecule has 0 unspecified atom stereocenters. The zero-order chi connectivity index (χ0) is 18.3. The van der Waals surface area contributed by atoms with E-state index in [1.807, 2.05) is 41.1 Å². The van der Waals surface area contributed by atoms with Gasteiger partial charge in [-0.2, -0.15) is 11.3 Å². The average Bonchev–Trinajstić information content (AvgIpc) is 3.32. The minimum Gasteiger partial charge on any atom is -0.340 e. The van der Waals surface area contributed by atoms with E-state index >= 15 is 0 Å². The van der Waals surface area contributed by atoms with Crippen LogP contribution in [-0.2, 0) is 28.1 Å². The number of benzene rings is 1. The number of hydrogen-bond donors (Lipinski definition) is 1. The van der Waals surface area contributed by atoms with E-state index in [0.29, 0.717) is 13.0 Å². The number of thiophene rings is 1. The predicted octanol–water partition coefficient (Wildman–Crippen LogP) is 2.10. The fourth-order valence-corrected chi connectivity index (χ4v) is 4.39. The number of carbonyl (C=O) groups is 3. The molecule has 2 aromatic rings. The van der Waals surface area contributed by atoms with Gasteiger partial charge in [0.25, 0.3) is 5.91 Å². The van der Waals surface area contributed by atoms with Crippen molar-refractivity contribution in [2.24, 2.45) is 0 Å². The summed E-state index contributed by atoms with van der Waals surface area (Å²) in [6, 6.07) is 9.12. The van der Waals surface area contributed by atoms with Crippen LogP contribution in [-0.4, -0.2) is 41.2 Å². The number of nitrogens with zero attached hydrogens (tertiary/aromatic N) is 2. The molecule has 1 atom stereocenters. The van der Waals surface area contributed by atoms with Gasteiger partial charge in [-0.3, -0.25) is 14.5 Å². The third-order valence-corrected chi connectivity index (χ3v) is 5.87. The second-order valence-corrected chi connectivity index (χ2v) is 7.55. The molecule has 1 aliphatic heterocycles. The second-order valence-electron chi connectivity index (χ2n) is 6.77. The second kappa shape index (κ2) is 6.25. The van der Waals surface area contributed by atoms with Gasteiger partial charge in [-0.25, -0.2) is 4.79 Å². The summed E-state index contributed by atoms with van der Waals surface area (Å²) >= 11 is 1.57. The smallest absolute Gasteiger partial charge is 0.325 e. The number of carbonyl (C=O) groups excluding carboxylic acids is 3. The van der Waals surface area contributed by atoms with Gasteiger partial charge in [0.15, 0.2) is 0 Å². The van der Waals surface area contributed by atoms with Gasteiger partial charge >= 0.3 is 6.03 Å². The molecule has 1 aliphatic carbocycles. The van der Waals surface area contributed by atoms with Crippen molar-refractivity contribution >= 4 is 29.2 Å². The van der Waals surface area contributed by atoms with Crippen molar-refractivity contribution < 1.29 is 14.4 Å². The maximum Gasteiger partial charge on any atom is 0.325 e. The number of amides is 4. The Bertz CT molecular complexity index is 880. The number of urea groups is 1. The summed E-state index contributed by atoms with van der Waals surface area (Å²) in [5, 5.41) is 6.77. The standard InChI is InChI=1S/C19H19N3O3S/c1-21(10-13-7-9-26-12-13)16(23)11-22-17(24)19(20-18(22)25)8-6-14-4-2-3-5-15(14)19/h2-5,7,9,12H,6,8,10-11H2,1H3,(H,20,25)/t19-/m0/s1. The summed E-state index contributed by atoms with van der Waals surface area (Å²) in [5.41, 5.74) is 1.94. The van der Waals surface area contributed by atoms with Gasteiger partial charge in [0.05, 0.1) is 0 Å². The van der Waals surface area contributed by atoms with Crippen LogP contribution in [0.15, 0.2) is 41.1 Å². The molecule has 4 rings (SSSR count). The maximum absolute atomic E-state index is 13.1. The molecule has 6 nitrogen and oxygen atoms in total. The molecule has 1 spiro atoms. The van der Waals surface area contributed by atoms with Crippen LogP contribution in [0.2, 0.25) is 0 Å². The molecule has 1 saturated heterocycles. The summed E-state index contributed by atoms with van der Waals surface area (Å²) in [7, 11) is 1.68. The predicted molar refractivity (Wildman–Crippen MR) is 97.5 cm³/mol. The molecule has 1 aromatic carbocycles. The minimum absolute atomic E-state index is 0.241. The summed E-state index contributed by atoms with van der Waals surface area (Å²) < 4.78 is 0. The van der Waals surface area contributed by atoms with E-state index in [1.165, 1.54) is 4.90 Å². The Kier molecular flexibility index (Phi) is 4.03. The van der Waals surface area contributed by atoms with Crippen LogP contribution in [0.1, 0.15) is 23.1 Å². The highest BCUT2D eigenvalue weighted by Gasteiger charge is 2.55. The highest BCUT2D eigenvalue weighted by molar-refractivity contribution is 7.07. The van der Waals surface area contributed by atoms with Crippen molar-refractivity contribution in [1.82, 2.24) is 15.1 Å². The zero-order valence-corrected chi connectivity index (χ0v) is 15.2. The van der Waals surface area contributed by atoms with Crippen molar-refractivity contribution in [1.29, 1.82) is 0 Å². The molecule has 1 N–H and O–H groups in total. The molecule has 0 saturated carbocycles. The van der Waals surface area contributed by atoms with Gasteiger partial charge in [0.1, 0.15) is 12.1 Å². The summed E-state index contributed by atoms with van der Waals surface area (Å²) in [4.78, 5) is 40.6. The first-order valence-electron chi connectivity index (χ1n) is 8.49. The van der Waals surface area contributed by atoms with E-state index in [2.05, 4.69) is 5.32 Å². The zero-order valence-electron chi connectivity index (χ0n) is 14.4. The lowest BCUT2D eigenvalue weighted by atomic mass is 9.92. The van der Waals surface area contributed by atoms with Crippen LogP contribution < -0.4 is 5.32 Å². The van der Waals surface area contributed by atoms with Gasteiger partial charge < -0.3 is 10.2 Å². The topological polar surface area (TPSA) is 69.7 Å². The Labute approximate surface area is 155 Å². The van der Waals surface area contributed by atoms with E-state index in [0.717, 1.165) is 28.0 Å². The van der Waals surface area contributed by atoms with Gasteiger partial charge in [-0.15, -0.1) is 0 Å². The monoisotopic (exact) mass is 369 g/mol. The molecule has 2 heterocycles. The third-order valence-electron chi connectivity index (χ3n) is 5.14. The molecule has 4 amide bonds. The van der Waals surface area contributed by atoms with Crippen LogP contribution in [0.3, 0.4) is 0 Å². The maximum atomic E-state index is 13.1. The van der Waals surface area contributed by atoms with Gasteiger partial charge in [0.2, 0.25) is 5.91 Å². The largest absolute Gasteiger partial charge is 0.340 e. The Morgan fingerprint density at radius 2 is 2.12 bits per heavy atom. The van der Waals surface area contributed by atoms with E-state index < -0.39 is 11.6 Å². The number of aryl methyl sites for hydroxylation is 1. The molecule has 0 radical (unpaired) electrons. The van der Waals surface area contributed by atoms with Crippen LogP contribution >= 0.6 is 11.3 Å². The van der Waals surface area contributed by atoms with Crippen LogP contribution in [0.5, 0.6) is 0 Å². The van der Waals surface area contributed by atoms with Crippen molar-refractivity contribution in [3.05, 3.63) is 57.8 Å². The average molecular weight is 369 g/mol. The van der Waals surface area contributed by atoms with Crippen molar-refractivity contribution in [2.45, 2.75) is 24.9 Å². The van der Waals surface area contributed by atoms with E-state index in [9.17, 15) is 14.4 Å². The Balaban J connectivity index is 1.51. The number of imide groups is 1. The van der Waals surface area contributed by atoms with Crippen molar-refractivity contribution in [2.75, 3.05) is 13.6 Å². The van der Waals surface area contributed by atoms with Crippen LogP contribution in [0.4, 0.5) is 4.79 Å². The molecule has 1 fully saturated rings. The molecule has 2 aliphatic rings. The molecular weight excluding hydrogens is 350 g/mol. The lowest BCUT2D eigenvalue weighted by Crippen LogP contribution is -2.44. The highest BCUT2D eigenvalue weighted by Crippen LogP contribution is 2.41. The molecular formula is C19H19N3O3S. The molecule has 134 valence electrons. The SMILES string of the molecule is CN(Cc1ccsc1)C(=O)CN1C(=O)N[C@]2(CCc3ccccc32)C1=O. The van der Waals surface area contributed by atoms with Crippen LogP contribution in [0.25, 0.3) is 0 Å². The van der Waals surface area contributed by atoms with Crippen molar-refractivity contribution in [3.63, 3.8) is 0 Å². The first-order valence-corrected chi connectivity index (χ1v) is 9.43. The van der Waals surface area contributed by atoms with Crippen LogP contribution in [0, 0.1) is 0 Å². The van der Waals surface area contributed by atoms with E-state index in [-0.39, 0.29) is 18.4 Å². The normalized spacial score (nSPS) is 21.2. The lowest BCUT2D eigenvalue weighted by molar-refractivity contribution is -0.138. The fraction of sp³-hybridized carbons (Fsp3) is 0.316. The van der Waals surface area contributed by atoms with E-state index in [4.69, 9.17) is 0 Å². The Morgan fingerprint density at radius 3 is 2.88 bits per heavy atom. The van der Waals surface area contributed by atoms with Gasteiger partial charge in [-0.05, 0) is 46.4 Å². The van der Waals surface area contributed by atoms with E-state index in [1.54, 1.807) is 18.4 Å². The summed E-state index contributed by atoms with van der Waals surface area (Å²) in [6.45, 7) is 0.217. The highest BCUT2D eigenvalue weighted by atomic mass is 32.1. The number of nitrogens with one attached hydrogen (secondary N) is 1. The molecule has 1 aromatic heterocycles. The number of likely N-dealkylation sites (N-methyl/N-ethyl adjacent to an activating group) is 1. The number of hydrogen-bond acceptors (Lipinski definition) is 4. The number of rotatable bonds is 4. The fourth-order valence-electron chi connectivity index (χ4n) is 3.73.